The molecule has 2 N–H and O–H groups in total. The molecule has 0 aliphatic carbocycles. The van der Waals surface area contributed by atoms with E-state index in [1.54, 1.807) is 24.3 Å². The van der Waals surface area contributed by atoms with Gasteiger partial charge in [-0.15, -0.1) is 0 Å². The molecule has 0 heterocycles. The summed E-state index contributed by atoms with van der Waals surface area (Å²) in [5, 5.41) is 16.2. The number of nitrogens with zero attached hydrogens (tertiary/aromatic N) is 1. The maximum Gasteiger partial charge on any atom is 0.289 e. The van der Waals surface area contributed by atoms with Crippen molar-refractivity contribution in [3.63, 3.8) is 0 Å². The van der Waals surface area contributed by atoms with Gasteiger partial charge in [0.05, 0.1) is 11.5 Å². The van der Waals surface area contributed by atoms with Gasteiger partial charge in [0.15, 0.2) is 5.11 Å². The van der Waals surface area contributed by atoms with Gasteiger partial charge in [0.2, 0.25) is 0 Å². The fraction of sp³-hybridized carbons (Fsp3) is 0.222. The molecule has 0 spiro atoms. The number of nitrogens with one attached hydrogen (secondary N) is 2. The van der Waals surface area contributed by atoms with Gasteiger partial charge in [-0.3, -0.25) is 20.2 Å². The lowest BCUT2D eigenvalue weighted by atomic mass is 10.2. The molecule has 2 rings (SSSR count). The third kappa shape index (κ3) is 6.19. The van der Waals surface area contributed by atoms with E-state index in [-0.39, 0.29) is 15.8 Å². The molecule has 0 aliphatic rings. The fourth-order valence-electron chi connectivity index (χ4n) is 2.10. The first kappa shape index (κ1) is 20.6. The van der Waals surface area contributed by atoms with Gasteiger partial charge in [0.25, 0.3) is 11.6 Å². The van der Waals surface area contributed by atoms with Crippen LogP contribution in [0.15, 0.2) is 42.5 Å². The van der Waals surface area contributed by atoms with Crippen molar-refractivity contribution in [1.82, 2.24) is 5.32 Å². The second-order valence-electron chi connectivity index (χ2n) is 5.56. The summed E-state index contributed by atoms with van der Waals surface area (Å²) < 4.78 is 5.55. The average molecular weight is 408 g/mol. The quantitative estimate of drug-likeness (QED) is 0.302. The summed E-state index contributed by atoms with van der Waals surface area (Å²) >= 11 is 10.8. The Morgan fingerprint density at radius 2 is 1.96 bits per heavy atom. The lowest BCUT2D eigenvalue weighted by Crippen LogP contribution is -2.34. The minimum Gasteiger partial charge on any atom is -0.494 e. The Morgan fingerprint density at radius 3 is 2.59 bits per heavy atom. The van der Waals surface area contributed by atoms with Gasteiger partial charge < -0.3 is 10.1 Å². The molecule has 0 fully saturated rings. The van der Waals surface area contributed by atoms with E-state index in [0.29, 0.717) is 23.6 Å². The highest BCUT2D eigenvalue weighted by Crippen LogP contribution is 2.27. The first-order valence-corrected chi connectivity index (χ1v) is 8.98. The van der Waals surface area contributed by atoms with Crippen LogP contribution < -0.4 is 15.4 Å². The first-order valence-electron chi connectivity index (χ1n) is 8.20. The van der Waals surface area contributed by atoms with Crippen LogP contribution in [0.5, 0.6) is 5.75 Å². The number of unbranched alkanes of at least 4 members (excludes halogenated alkanes) is 1. The van der Waals surface area contributed by atoms with E-state index in [4.69, 9.17) is 28.6 Å². The molecule has 27 heavy (non-hydrogen) atoms. The number of halogens is 1. The van der Waals surface area contributed by atoms with Crippen LogP contribution in [-0.2, 0) is 0 Å². The molecule has 7 nitrogen and oxygen atoms in total. The molecule has 0 aromatic heterocycles. The van der Waals surface area contributed by atoms with E-state index in [1.165, 1.54) is 18.2 Å². The molecule has 0 atom stereocenters. The summed E-state index contributed by atoms with van der Waals surface area (Å²) in [6.07, 6.45) is 2.01. The number of ether oxygens (including phenoxy) is 1. The number of anilines is 1. The minimum absolute atomic E-state index is 0.0138. The van der Waals surface area contributed by atoms with Crippen LogP contribution >= 0.6 is 23.8 Å². The van der Waals surface area contributed by atoms with Crippen LogP contribution in [0.3, 0.4) is 0 Å². The predicted octanol–water partition coefficient (Wildman–Crippen LogP) is 4.55. The normalized spacial score (nSPS) is 10.1. The Labute approximate surface area is 166 Å². The topological polar surface area (TPSA) is 93.5 Å². The van der Waals surface area contributed by atoms with Crippen molar-refractivity contribution in [2.45, 2.75) is 19.8 Å². The van der Waals surface area contributed by atoms with E-state index in [2.05, 4.69) is 17.6 Å². The van der Waals surface area contributed by atoms with Crippen molar-refractivity contribution < 1.29 is 14.5 Å². The van der Waals surface area contributed by atoms with Gasteiger partial charge in [-0.05, 0) is 55.0 Å². The van der Waals surface area contributed by atoms with Crippen LogP contribution in [-0.4, -0.2) is 22.5 Å². The van der Waals surface area contributed by atoms with Crippen molar-refractivity contribution in [3.05, 3.63) is 63.2 Å². The van der Waals surface area contributed by atoms with E-state index in [1.807, 2.05) is 0 Å². The van der Waals surface area contributed by atoms with Gasteiger partial charge in [0, 0.05) is 17.3 Å². The van der Waals surface area contributed by atoms with Crippen molar-refractivity contribution in [2.75, 3.05) is 11.9 Å². The van der Waals surface area contributed by atoms with E-state index >= 15 is 0 Å². The molecule has 2 aromatic rings. The van der Waals surface area contributed by atoms with Crippen molar-refractivity contribution >= 4 is 46.2 Å². The van der Waals surface area contributed by atoms with Crippen LogP contribution in [0.4, 0.5) is 11.4 Å². The van der Waals surface area contributed by atoms with Gasteiger partial charge in [-0.25, -0.2) is 0 Å². The molecule has 0 radical (unpaired) electrons. The standard InChI is InChI=1S/C18H18ClN3O4S/c1-2-3-10-26-14-7-4-12(5-8-14)17(23)21-18(27)20-13-6-9-15(19)16(11-13)22(24)25/h4-9,11H,2-3,10H2,1H3,(H2,20,21,23,27). The molecular formula is C18H18ClN3O4S. The molecule has 0 bridgehead atoms. The highest BCUT2D eigenvalue weighted by molar-refractivity contribution is 7.80. The largest absolute Gasteiger partial charge is 0.494 e. The maximum absolute atomic E-state index is 12.2. The zero-order valence-corrected chi connectivity index (χ0v) is 16.1. The maximum atomic E-state index is 12.2. The number of hydrogen-bond donors (Lipinski definition) is 2. The van der Waals surface area contributed by atoms with Crippen molar-refractivity contribution in [2.24, 2.45) is 0 Å². The number of amides is 1. The van der Waals surface area contributed by atoms with Gasteiger partial charge in [-0.1, -0.05) is 24.9 Å². The molecule has 142 valence electrons. The van der Waals surface area contributed by atoms with Crippen LogP contribution in [0, 0.1) is 10.1 Å². The lowest BCUT2D eigenvalue weighted by Gasteiger charge is -2.10. The number of nitro groups is 1. The number of carbonyl (C=O) groups excluding carboxylic acids is 1. The summed E-state index contributed by atoms with van der Waals surface area (Å²) in [7, 11) is 0. The number of benzene rings is 2. The molecule has 0 saturated carbocycles. The summed E-state index contributed by atoms with van der Waals surface area (Å²) in [6, 6.07) is 10.8. The van der Waals surface area contributed by atoms with Crippen LogP contribution in [0.2, 0.25) is 5.02 Å². The monoisotopic (exact) mass is 407 g/mol. The SMILES string of the molecule is CCCCOc1ccc(C(=O)NC(=S)Nc2ccc(Cl)c([N+](=O)[O-])c2)cc1. The zero-order valence-electron chi connectivity index (χ0n) is 14.5. The number of hydrogen-bond acceptors (Lipinski definition) is 5. The molecule has 9 heteroatoms. The number of rotatable bonds is 7. The second kappa shape index (κ2) is 9.84. The summed E-state index contributed by atoms with van der Waals surface area (Å²) in [5.74, 6) is 0.283. The molecular weight excluding hydrogens is 390 g/mol. The van der Waals surface area contributed by atoms with Gasteiger partial charge in [0.1, 0.15) is 10.8 Å². The zero-order chi connectivity index (χ0) is 19.8. The van der Waals surface area contributed by atoms with Crippen molar-refractivity contribution in [1.29, 1.82) is 0 Å². The van der Waals surface area contributed by atoms with Crippen LogP contribution in [0.25, 0.3) is 0 Å². The molecule has 0 aliphatic heterocycles. The van der Waals surface area contributed by atoms with E-state index < -0.39 is 10.8 Å². The summed E-state index contributed by atoms with van der Waals surface area (Å²) in [6.45, 7) is 2.71. The van der Waals surface area contributed by atoms with Crippen LogP contribution in [0.1, 0.15) is 30.1 Å². The highest BCUT2D eigenvalue weighted by atomic mass is 35.5. The highest BCUT2D eigenvalue weighted by Gasteiger charge is 2.14. The second-order valence-corrected chi connectivity index (χ2v) is 6.37. The third-order valence-electron chi connectivity index (χ3n) is 3.51. The predicted molar refractivity (Wildman–Crippen MR) is 109 cm³/mol. The van der Waals surface area contributed by atoms with Gasteiger partial charge in [-0.2, -0.15) is 0 Å². The Morgan fingerprint density at radius 1 is 1.26 bits per heavy atom. The molecule has 2 aromatic carbocycles. The number of thiocarbonyl (C=S) groups is 1. The first-order chi connectivity index (χ1) is 12.9. The van der Waals surface area contributed by atoms with E-state index in [0.717, 1.165) is 12.8 Å². The Balaban J connectivity index is 1.94. The fourth-order valence-corrected chi connectivity index (χ4v) is 2.50. The molecule has 1 amide bonds. The lowest BCUT2D eigenvalue weighted by molar-refractivity contribution is -0.384. The Hall–Kier alpha value is -2.71. The third-order valence-corrected chi connectivity index (χ3v) is 4.03. The number of nitro benzene ring substituents is 1. The average Bonchev–Trinajstić information content (AvgIpc) is 2.63. The smallest absolute Gasteiger partial charge is 0.289 e. The van der Waals surface area contributed by atoms with E-state index in [9.17, 15) is 14.9 Å². The number of carbonyl (C=O) groups is 1. The minimum atomic E-state index is -0.598. The molecule has 0 saturated heterocycles. The van der Waals surface area contributed by atoms with Crippen molar-refractivity contribution in [3.8, 4) is 5.75 Å². The summed E-state index contributed by atoms with van der Waals surface area (Å²) in [4.78, 5) is 22.6. The molecule has 0 unspecified atom stereocenters. The Kier molecular flexibility index (Phi) is 7.51. The summed E-state index contributed by atoms with van der Waals surface area (Å²) in [5.41, 5.74) is 0.495. The Bertz CT molecular complexity index is 843. The van der Waals surface area contributed by atoms with Gasteiger partial charge >= 0.3 is 0 Å².